The largest absolute Gasteiger partial charge is 0.472 e. The van der Waals surface area contributed by atoms with Gasteiger partial charge < -0.3 is 24.2 Å². The smallest absolute Gasteiger partial charge is 0.462 e. The van der Waals surface area contributed by atoms with Crippen molar-refractivity contribution >= 4 is 25.7 Å². The third-order valence-corrected chi connectivity index (χ3v) is 12.0. The minimum absolute atomic E-state index is 0.156. The molecule has 0 rings (SSSR count). The van der Waals surface area contributed by atoms with Gasteiger partial charge in [0.05, 0.1) is 19.8 Å². The number of esters is 3. The van der Waals surface area contributed by atoms with E-state index in [1.807, 2.05) is 0 Å². The van der Waals surface area contributed by atoms with Gasteiger partial charge in [-0.05, 0) is 70.6 Å². The molecule has 0 heterocycles. The van der Waals surface area contributed by atoms with Crippen LogP contribution in [0.15, 0.2) is 36.5 Å². The molecule has 0 saturated carbocycles. The number of phosphoric ester groups is 1. The number of carbonyl (C=O) groups excluding carboxylic acids is 3. The van der Waals surface area contributed by atoms with Crippen LogP contribution in [0.1, 0.15) is 239 Å². The number of unbranched alkanes of at least 4 members (excludes halogenated alkanes) is 25. The Morgan fingerprint density at radius 3 is 1.25 bits per heavy atom. The van der Waals surface area contributed by atoms with Crippen LogP contribution in [-0.4, -0.2) is 66.5 Å². The first-order valence-electron chi connectivity index (χ1n) is 25.9. The van der Waals surface area contributed by atoms with E-state index in [0.717, 1.165) is 103 Å². The third kappa shape index (κ3) is 44.9. The summed E-state index contributed by atoms with van der Waals surface area (Å²) in [5, 5.41) is 9.75. The number of allylic oxidation sites excluding steroid dienone is 6. The van der Waals surface area contributed by atoms with Gasteiger partial charge in [-0.15, -0.1) is 0 Å². The highest BCUT2D eigenvalue weighted by molar-refractivity contribution is 7.47. The van der Waals surface area contributed by atoms with E-state index in [0.29, 0.717) is 19.3 Å². The molecular formula is C52H95O11P. The molecule has 0 aromatic carbocycles. The Morgan fingerprint density at radius 1 is 0.438 bits per heavy atom. The summed E-state index contributed by atoms with van der Waals surface area (Å²) >= 11 is 0. The fourth-order valence-corrected chi connectivity index (χ4v) is 7.80. The molecule has 0 aromatic heterocycles. The van der Waals surface area contributed by atoms with E-state index in [4.69, 9.17) is 23.3 Å². The number of carbonyl (C=O) groups is 3. The number of hydrogen-bond donors (Lipinski definition) is 2. The van der Waals surface area contributed by atoms with Crippen molar-refractivity contribution in [1.29, 1.82) is 0 Å². The molecule has 2 N–H and O–H groups in total. The Hall–Kier alpha value is -2.30. The van der Waals surface area contributed by atoms with Crippen molar-refractivity contribution in [2.45, 2.75) is 251 Å². The van der Waals surface area contributed by atoms with Crippen molar-refractivity contribution in [3.63, 3.8) is 0 Å². The highest BCUT2D eigenvalue weighted by atomic mass is 31.2. The first kappa shape index (κ1) is 61.7. The number of ether oxygens (including phenoxy) is 3. The standard InChI is InChI=1S/C52H95O11P/c1-4-7-10-13-16-19-22-23-24-25-28-29-32-35-38-41-50(54)59-45-49(63-52(56)43-40-37-34-31-27-21-18-15-12-9-6-3)47-61-64(57,58)60-46-48(44-53)62-51(55)42-39-36-33-30-26-20-17-14-11-8-5-2/h15-16,18-19,23-24,48-49,53H,4-14,17,20-22,25-47H2,1-3H3,(H,57,58)/b18-15-,19-16-,24-23-. The summed E-state index contributed by atoms with van der Waals surface area (Å²) in [5.74, 6) is -1.48. The van der Waals surface area contributed by atoms with E-state index in [9.17, 15) is 28.9 Å². The molecule has 64 heavy (non-hydrogen) atoms. The molecule has 0 amide bonds. The van der Waals surface area contributed by atoms with Crippen LogP contribution in [0.4, 0.5) is 0 Å². The van der Waals surface area contributed by atoms with Gasteiger partial charge in [0.15, 0.2) is 6.10 Å². The summed E-state index contributed by atoms with van der Waals surface area (Å²) in [4.78, 5) is 48.2. The van der Waals surface area contributed by atoms with Crippen molar-refractivity contribution in [3.8, 4) is 0 Å². The number of hydrogen-bond acceptors (Lipinski definition) is 10. The topological polar surface area (TPSA) is 155 Å². The van der Waals surface area contributed by atoms with E-state index < -0.39 is 57.8 Å². The Bertz CT molecular complexity index is 1220. The van der Waals surface area contributed by atoms with Gasteiger partial charge in [0.2, 0.25) is 0 Å². The van der Waals surface area contributed by atoms with Gasteiger partial charge in [-0.1, -0.05) is 186 Å². The maximum atomic E-state index is 12.8. The molecular weight excluding hydrogens is 832 g/mol. The molecule has 0 radical (unpaired) electrons. The highest BCUT2D eigenvalue weighted by Gasteiger charge is 2.28. The first-order chi connectivity index (χ1) is 31.2. The number of phosphoric acid groups is 1. The zero-order valence-corrected chi connectivity index (χ0v) is 41.9. The lowest BCUT2D eigenvalue weighted by Gasteiger charge is -2.21. The molecule has 0 spiro atoms. The number of aliphatic hydroxyl groups excluding tert-OH is 1. The van der Waals surface area contributed by atoms with Crippen molar-refractivity contribution in [1.82, 2.24) is 0 Å². The van der Waals surface area contributed by atoms with E-state index in [2.05, 4.69) is 57.2 Å². The van der Waals surface area contributed by atoms with E-state index in [1.54, 1.807) is 0 Å². The maximum Gasteiger partial charge on any atom is 0.472 e. The van der Waals surface area contributed by atoms with Crippen molar-refractivity contribution in [2.24, 2.45) is 0 Å². The van der Waals surface area contributed by atoms with Crippen molar-refractivity contribution in [2.75, 3.05) is 26.4 Å². The van der Waals surface area contributed by atoms with E-state index in [-0.39, 0.29) is 25.9 Å². The van der Waals surface area contributed by atoms with E-state index >= 15 is 0 Å². The average Bonchev–Trinajstić information content (AvgIpc) is 3.28. The summed E-state index contributed by atoms with van der Waals surface area (Å²) in [7, 11) is -4.74. The molecule has 374 valence electrons. The van der Waals surface area contributed by atoms with Gasteiger partial charge >= 0.3 is 25.7 Å². The summed E-state index contributed by atoms with van der Waals surface area (Å²) in [6.45, 7) is 4.54. The molecule has 0 aromatic rings. The van der Waals surface area contributed by atoms with Gasteiger partial charge in [-0.25, -0.2) is 4.57 Å². The Kier molecular flexibility index (Phi) is 45.5. The van der Waals surface area contributed by atoms with Gasteiger partial charge in [0.1, 0.15) is 12.7 Å². The molecule has 11 nitrogen and oxygen atoms in total. The quantitative estimate of drug-likeness (QED) is 0.0197. The predicted molar refractivity (Wildman–Crippen MR) is 261 cm³/mol. The molecule has 0 fully saturated rings. The van der Waals surface area contributed by atoms with Gasteiger partial charge in [0, 0.05) is 19.3 Å². The van der Waals surface area contributed by atoms with Gasteiger partial charge in [-0.2, -0.15) is 0 Å². The molecule has 3 atom stereocenters. The maximum absolute atomic E-state index is 12.8. The second kappa shape index (κ2) is 47.2. The zero-order chi connectivity index (χ0) is 47.0. The third-order valence-electron chi connectivity index (χ3n) is 11.0. The van der Waals surface area contributed by atoms with Crippen LogP contribution in [0, 0.1) is 0 Å². The van der Waals surface area contributed by atoms with Crippen molar-refractivity contribution < 1.29 is 52.2 Å². The minimum atomic E-state index is -4.74. The summed E-state index contributed by atoms with van der Waals surface area (Å²) in [5.41, 5.74) is 0. The molecule has 0 bridgehead atoms. The SMILES string of the molecule is CCCC/C=C\CCCCCCCC(=O)OC(COC(=O)CCCCCCC/C=C\C/C=C\CCCCC)COP(=O)(O)OCC(CO)OC(=O)CCCCCCCCCCCCC. The normalized spacial score (nSPS) is 13.8. The average molecular weight is 927 g/mol. The van der Waals surface area contributed by atoms with Crippen LogP contribution in [0.5, 0.6) is 0 Å². The second-order valence-electron chi connectivity index (χ2n) is 17.3. The molecule has 0 aliphatic rings. The summed E-state index contributed by atoms with van der Waals surface area (Å²) < 4.78 is 39.3. The minimum Gasteiger partial charge on any atom is -0.462 e. The first-order valence-corrected chi connectivity index (χ1v) is 27.4. The van der Waals surface area contributed by atoms with Crippen LogP contribution in [0.3, 0.4) is 0 Å². The van der Waals surface area contributed by atoms with Crippen LogP contribution in [-0.2, 0) is 42.2 Å². The second-order valence-corrected chi connectivity index (χ2v) is 18.8. The molecule has 0 aliphatic heterocycles. The number of aliphatic hydroxyl groups is 1. The highest BCUT2D eigenvalue weighted by Crippen LogP contribution is 2.43. The summed E-state index contributed by atoms with van der Waals surface area (Å²) in [6, 6.07) is 0. The molecule has 0 aliphatic carbocycles. The monoisotopic (exact) mass is 927 g/mol. The van der Waals surface area contributed by atoms with Crippen LogP contribution >= 0.6 is 7.82 Å². The van der Waals surface area contributed by atoms with Gasteiger partial charge in [0.25, 0.3) is 0 Å². The fraction of sp³-hybridized carbons (Fsp3) is 0.827. The molecule has 0 saturated heterocycles. The van der Waals surface area contributed by atoms with Crippen LogP contribution < -0.4 is 0 Å². The molecule has 12 heteroatoms. The number of rotatable bonds is 48. The van der Waals surface area contributed by atoms with E-state index in [1.165, 1.54) is 77.0 Å². The van der Waals surface area contributed by atoms with Crippen LogP contribution in [0.2, 0.25) is 0 Å². The Morgan fingerprint density at radius 2 is 0.781 bits per heavy atom. The Labute approximate surface area is 390 Å². The van der Waals surface area contributed by atoms with Gasteiger partial charge in [-0.3, -0.25) is 23.4 Å². The Balaban J connectivity index is 4.74. The zero-order valence-electron chi connectivity index (χ0n) is 41.0. The lowest BCUT2D eigenvalue weighted by molar-refractivity contribution is -0.161. The van der Waals surface area contributed by atoms with Crippen molar-refractivity contribution in [3.05, 3.63) is 36.5 Å². The predicted octanol–water partition coefficient (Wildman–Crippen LogP) is 14.5. The lowest BCUT2D eigenvalue weighted by atomic mass is 10.1. The summed E-state index contributed by atoms with van der Waals surface area (Å²) in [6.07, 6.45) is 45.4. The lowest BCUT2D eigenvalue weighted by Crippen LogP contribution is -2.30. The fourth-order valence-electron chi connectivity index (χ4n) is 7.01. The van der Waals surface area contributed by atoms with Crippen LogP contribution in [0.25, 0.3) is 0 Å². The molecule has 3 unspecified atom stereocenters.